The summed E-state index contributed by atoms with van der Waals surface area (Å²) in [5, 5.41) is 0.529. The van der Waals surface area contributed by atoms with E-state index < -0.39 is 5.97 Å². The molecule has 0 saturated heterocycles. The van der Waals surface area contributed by atoms with Crippen molar-refractivity contribution in [3.8, 4) is 0 Å². The van der Waals surface area contributed by atoms with Crippen molar-refractivity contribution in [1.82, 2.24) is 9.38 Å². The van der Waals surface area contributed by atoms with E-state index in [0.29, 0.717) is 16.4 Å². The largest absolute Gasteiger partial charge is 0.464 e. The normalized spacial score (nSPS) is 10.7. The summed E-state index contributed by atoms with van der Waals surface area (Å²) >= 11 is 5.87. The van der Waals surface area contributed by atoms with Gasteiger partial charge in [0, 0.05) is 11.2 Å². The van der Waals surface area contributed by atoms with E-state index in [4.69, 9.17) is 17.3 Å². The SMILES string of the molecule is COC(=O)c1nc(CN)n2ccc(Cl)cc12. The van der Waals surface area contributed by atoms with Crippen LogP contribution in [-0.2, 0) is 11.3 Å². The Morgan fingerprint density at radius 2 is 2.44 bits per heavy atom. The average Bonchev–Trinajstić information content (AvgIpc) is 2.66. The number of imidazole rings is 1. The minimum atomic E-state index is -0.500. The average molecular weight is 240 g/mol. The highest BCUT2D eigenvalue weighted by molar-refractivity contribution is 6.31. The predicted molar refractivity (Wildman–Crippen MR) is 59.4 cm³/mol. The number of fused-ring (bicyclic) bond motifs is 1. The number of pyridine rings is 1. The Bertz CT molecular complexity index is 550. The third-order valence-electron chi connectivity index (χ3n) is 2.24. The van der Waals surface area contributed by atoms with Crippen LogP contribution in [0.4, 0.5) is 0 Å². The van der Waals surface area contributed by atoms with E-state index in [1.54, 1.807) is 22.7 Å². The summed E-state index contributed by atoms with van der Waals surface area (Å²) < 4.78 is 6.36. The van der Waals surface area contributed by atoms with E-state index in [-0.39, 0.29) is 12.2 Å². The van der Waals surface area contributed by atoms with E-state index in [2.05, 4.69) is 9.72 Å². The van der Waals surface area contributed by atoms with Crippen LogP contribution >= 0.6 is 11.6 Å². The summed E-state index contributed by atoms with van der Waals surface area (Å²) in [6.45, 7) is 0.236. The first-order chi connectivity index (χ1) is 7.67. The number of halogens is 1. The van der Waals surface area contributed by atoms with Gasteiger partial charge in [-0.2, -0.15) is 0 Å². The van der Waals surface area contributed by atoms with Crippen LogP contribution in [0.15, 0.2) is 18.3 Å². The number of carbonyl (C=O) groups excluding carboxylic acids is 1. The molecule has 0 saturated carbocycles. The molecular weight excluding hydrogens is 230 g/mol. The van der Waals surface area contributed by atoms with Gasteiger partial charge in [0.2, 0.25) is 0 Å². The number of rotatable bonds is 2. The van der Waals surface area contributed by atoms with Gasteiger partial charge >= 0.3 is 5.97 Å². The van der Waals surface area contributed by atoms with E-state index in [1.807, 2.05) is 0 Å². The molecule has 0 aliphatic carbocycles. The monoisotopic (exact) mass is 239 g/mol. The number of aromatic nitrogens is 2. The van der Waals surface area contributed by atoms with Crippen LogP contribution in [0.5, 0.6) is 0 Å². The number of ether oxygens (including phenoxy) is 1. The summed E-state index contributed by atoms with van der Waals surface area (Å²) in [6.07, 6.45) is 1.72. The molecule has 84 valence electrons. The van der Waals surface area contributed by atoms with Crippen molar-refractivity contribution in [1.29, 1.82) is 0 Å². The van der Waals surface area contributed by atoms with Gasteiger partial charge in [-0.25, -0.2) is 9.78 Å². The van der Waals surface area contributed by atoms with Crippen molar-refractivity contribution in [3.63, 3.8) is 0 Å². The van der Waals surface area contributed by atoms with Gasteiger partial charge in [-0.15, -0.1) is 0 Å². The van der Waals surface area contributed by atoms with Crippen molar-refractivity contribution < 1.29 is 9.53 Å². The van der Waals surface area contributed by atoms with Crippen molar-refractivity contribution in [2.75, 3.05) is 7.11 Å². The maximum atomic E-state index is 11.5. The molecule has 2 aromatic heterocycles. The number of nitrogens with zero attached hydrogens (tertiary/aromatic N) is 2. The van der Waals surface area contributed by atoms with E-state index >= 15 is 0 Å². The maximum absolute atomic E-state index is 11.5. The molecule has 0 aliphatic heterocycles. The zero-order valence-corrected chi connectivity index (χ0v) is 9.36. The molecule has 0 unspecified atom stereocenters. The fourth-order valence-electron chi connectivity index (χ4n) is 1.51. The number of hydrogen-bond donors (Lipinski definition) is 1. The molecule has 0 aliphatic rings. The summed E-state index contributed by atoms with van der Waals surface area (Å²) in [4.78, 5) is 15.6. The lowest BCUT2D eigenvalue weighted by atomic mass is 10.3. The van der Waals surface area contributed by atoms with E-state index in [0.717, 1.165) is 0 Å². The van der Waals surface area contributed by atoms with Crippen LogP contribution in [0, 0.1) is 0 Å². The van der Waals surface area contributed by atoms with Crippen LogP contribution in [0.25, 0.3) is 5.52 Å². The molecule has 2 rings (SSSR count). The Hall–Kier alpha value is -1.59. The van der Waals surface area contributed by atoms with Crippen LogP contribution in [0.1, 0.15) is 16.3 Å². The molecular formula is C10H10ClN3O2. The highest BCUT2D eigenvalue weighted by Crippen LogP contribution is 2.18. The van der Waals surface area contributed by atoms with Gasteiger partial charge < -0.3 is 14.9 Å². The van der Waals surface area contributed by atoms with Crippen LogP contribution < -0.4 is 5.73 Å². The van der Waals surface area contributed by atoms with E-state index in [9.17, 15) is 4.79 Å². The molecule has 6 heteroatoms. The number of methoxy groups -OCH3 is 1. The van der Waals surface area contributed by atoms with Gasteiger partial charge in [0.05, 0.1) is 19.2 Å². The van der Waals surface area contributed by atoms with Gasteiger partial charge in [0.15, 0.2) is 5.69 Å². The lowest BCUT2D eigenvalue weighted by Gasteiger charge is -1.98. The molecule has 2 heterocycles. The maximum Gasteiger partial charge on any atom is 0.358 e. The molecule has 0 amide bonds. The summed E-state index contributed by atoms with van der Waals surface area (Å²) in [6, 6.07) is 3.36. The zero-order chi connectivity index (χ0) is 11.7. The van der Waals surface area contributed by atoms with Gasteiger partial charge in [0.1, 0.15) is 5.82 Å². The molecule has 16 heavy (non-hydrogen) atoms. The topological polar surface area (TPSA) is 69.6 Å². The third-order valence-corrected chi connectivity index (χ3v) is 2.47. The third kappa shape index (κ3) is 1.64. The van der Waals surface area contributed by atoms with Crippen LogP contribution in [0.2, 0.25) is 5.02 Å². The number of esters is 1. The van der Waals surface area contributed by atoms with E-state index in [1.165, 1.54) is 7.11 Å². The number of hydrogen-bond acceptors (Lipinski definition) is 4. The molecule has 0 atom stereocenters. The summed E-state index contributed by atoms with van der Waals surface area (Å²) in [7, 11) is 1.31. The molecule has 0 fully saturated rings. The van der Waals surface area contributed by atoms with Crippen LogP contribution in [-0.4, -0.2) is 22.5 Å². The Balaban J connectivity index is 2.73. The molecule has 0 aromatic carbocycles. The number of nitrogens with two attached hydrogens (primary N) is 1. The van der Waals surface area contributed by atoms with Gasteiger partial charge in [-0.05, 0) is 12.1 Å². The molecule has 0 bridgehead atoms. The highest BCUT2D eigenvalue weighted by atomic mass is 35.5. The Morgan fingerprint density at radius 3 is 3.06 bits per heavy atom. The number of carbonyl (C=O) groups is 1. The van der Waals surface area contributed by atoms with Crippen molar-refractivity contribution in [2.24, 2.45) is 5.73 Å². The van der Waals surface area contributed by atoms with Gasteiger partial charge in [0.25, 0.3) is 0 Å². The minimum Gasteiger partial charge on any atom is -0.464 e. The fourth-order valence-corrected chi connectivity index (χ4v) is 1.67. The van der Waals surface area contributed by atoms with Gasteiger partial charge in [-0.3, -0.25) is 0 Å². The smallest absolute Gasteiger partial charge is 0.358 e. The first-order valence-electron chi connectivity index (χ1n) is 4.62. The first kappa shape index (κ1) is 10.9. The quantitative estimate of drug-likeness (QED) is 0.801. The van der Waals surface area contributed by atoms with Crippen molar-refractivity contribution in [2.45, 2.75) is 6.54 Å². The lowest BCUT2D eigenvalue weighted by molar-refractivity contribution is 0.0597. The Morgan fingerprint density at radius 1 is 1.69 bits per heavy atom. The van der Waals surface area contributed by atoms with Crippen molar-refractivity contribution >= 4 is 23.1 Å². The second-order valence-corrected chi connectivity index (χ2v) is 3.61. The van der Waals surface area contributed by atoms with Crippen molar-refractivity contribution in [3.05, 3.63) is 34.9 Å². The molecule has 2 aromatic rings. The molecule has 0 spiro atoms. The molecule has 2 N–H and O–H groups in total. The summed E-state index contributed by atoms with van der Waals surface area (Å²) in [5.74, 6) is 0.0894. The standard InChI is InChI=1S/C10H10ClN3O2/c1-16-10(15)9-7-4-6(11)2-3-14(7)8(5-12)13-9/h2-4H,5,12H2,1H3. The molecule has 5 nitrogen and oxygen atoms in total. The van der Waals surface area contributed by atoms with Gasteiger partial charge in [-0.1, -0.05) is 11.6 Å². The zero-order valence-electron chi connectivity index (χ0n) is 8.61. The first-order valence-corrected chi connectivity index (χ1v) is 5.00. The Kier molecular flexibility index (Phi) is 2.80. The molecule has 0 radical (unpaired) electrons. The lowest BCUT2D eigenvalue weighted by Crippen LogP contribution is -2.03. The minimum absolute atomic E-state index is 0.227. The fraction of sp³-hybridized carbons (Fsp3) is 0.200. The second-order valence-electron chi connectivity index (χ2n) is 3.17. The Labute approximate surface area is 96.8 Å². The highest BCUT2D eigenvalue weighted by Gasteiger charge is 2.17. The van der Waals surface area contributed by atoms with Crippen LogP contribution in [0.3, 0.4) is 0 Å². The second kappa shape index (κ2) is 4.11. The predicted octanol–water partition coefficient (Wildman–Crippen LogP) is 1.23. The summed E-state index contributed by atoms with van der Waals surface area (Å²) in [5.41, 5.74) is 6.36.